The molecule has 0 fully saturated rings. The van der Waals surface area contributed by atoms with Gasteiger partial charge in [-0.05, 0) is 36.3 Å². The smallest absolute Gasteiger partial charge is 0.105 e. The van der Waals surface area contributed by atoms with Crippen molar-refractivity contribution in [3.63, 3.8) is 0 Å². The first-order valence-corrected chi connectivity index (χ1v) is 5.52. The SMILES string of the molecule is Cc1cc(C(O)C(O)CCS)ccc1N. The standard InChI is InChI=1S/C11H17NO2S/c1-7-6-8(2-3-9(7)12)11(14)10(13)4-5-15/h2-3,6,10-11,13-15H,4-5,12H2,1H3. The molecule has 0 amide bonds. The fourth-order valence-electron chi connectivity index (χ4n) is 1.40. The minimum absolute atomic E-state index is 0.466. The first-order chi connectivity index (χ1) is 7.06. The van der Waals surface area contributed by atoms with Crippen LogP contribution in [0.25, 0.3) is 0 Å². The molecule has 2 unspecified atom stereocenters. The Hall–Kier alpha value is -0.710. The summed E-state index contributed by atoms with van der Waals surface area (Å²) in [5.41, 5.74) is 7.95. The molecule has 0 bridgehead atoms. The third-order valence-electron chi connectivity index (χ3n) is 2.42. The molecule has 4 N–H and O–H groups in total. The van der Waals surface area contributed by atoms with Crippen molar-refractivity contribution in [1.82, 2.24) is 0 Å². The Labute approximate surface area is 95.3 Å². The first-order valence-electron chi connectivity index (χ1n) is 4.89. The molecule has 1 aromatic rings. The highest BCUT2D eigenvalue weighted by Gasteiger charge is 2.17. The third kappa shape index (κ3) is 3.12. The Kier molecular flexibility index (Phi) is 4.45. The van der Waals surface area contributed by atoms with Crippen molar-refractivity contribution < 1.29 is 10.2 Å². The largest absolute Gasteiger partial charge is 0.399 e. The average Bonchev–Trinajstić information content (AvgIpc) is 2.21. The second-order valence-electron chi connectivity index (χ2n) is 3.64. The number of aliphatic hydroxyl groups is 2. The van der Waals surface area contributed by atoms with Crippen LogP contribution in [0.15, 0.2) is 18.2 Å². The third-order valence-corrected chi connectivity index (χ3v) is 2.68. The zero-order valence-corrected chi connectivity index (χ0v) is 9.61. The number of rotatable bonds is 4. The van der Waals surface area contributed by atoms with E-state index in [1.807, 2.05) is 6.92 Å². The van der Waals surface area contributed by atoms with E-state index in [4.69, 9.17) is 5.73 Å². The maximum absolute atomic E-state index is 9.81. The lowest BCUT2D eigenvalue weighted by Crippen LogP contribution is -2.18. The molecule has 84 valence electrons. The van der Waals surface area contributed by atoms with Gasteiger partial charge in [-0.15, -0.1) is 0 Å². The Balaban J connectivity index is 2.81. The quantitative estimate of drug-likeness (QED) is 0.463. The lowest BCUT2D eigenvalue weighted by atomic mass is 10.0. The van der Waals surface area contributed by atoms with Crippen LogP contribution >= 0.6 is 12.6 Å². The number of hydrogen-bond donors (Lipinski definition) is 4. The molecule has 0 saturated heterocycles. The normalized spacial score (nSPS) is 14.9. The van der Waals surface area contributed by atoms with Crippen LogP contribution in [0.5, 0.6) is 0 Å². The molecule has 3 nitrogen and oxygen atoms in total. The molecule has 0 aliphatic rings. The predicted molar refractivity (Wildman–Crippen MR) is 65.0 cm³/mol. The molecule has 0 saturated carbocycles. The maximum Gasteiger partial charge on any atom is 0.105 e. The van der Waals surface area contributed by atoms with Gasteiger partial charge in [-0.3, -0.25) is 0 Å². The minimum Gasteiger partial charge on any atom is -0.399 e. The number of hydrogen-bond acceptors (Lipinski definition) is 4. The highest BCUT2D eigenvalue weighted by molar-refractivity contribution is 7.80. The van der Waals surface area contributed by atoms with E-state index in [0.717, 1.165) is 5.56 Å². The Morgan fingerprint density at radius 1 is 1.40 bits per heavy atom. The van der Waals surface area contributed by atoms with E-state index in [1.165, 1.54) is 0 Å². The van der Waals surface area contributed by atoms with Crippen molar-refractivity contribution in [2.24, 2.45) is 0 Å². The molecule has 4 heteroatoms. The lowest BCUT2D eigenvalue weighted by Gasteiger charge is -2.18. The second kappa shape index (κ2) is 5.39. The van der Waals surface area contributed by atoms with Crippen molar-refractivity contribution in [3.05, 3.63) is 29.3 Å². The molecule has 15 heavy (non-hydrogen) atoms. The van der Waals surface area contributed by atoms with E-state index in [0.29, 0.717) is 23.4 Å². The van der Waals surface area contributed by atoms with Gasteiger partial charge in [-0.1, -0.05) is 12.1 Å². The molecule has 0 aromatic heterocycles. The van der Waals surface area contributed by atoms with Crippen molar-refractivity contribution in [3.8, 4) is 0 Å². The zero-order chi connectivity index (χ0) is 11.4. The van der Waals surface area contributed by atoms with E-state index in [9.17, 15) is 10.2 Å². The number of thiol groups is 1. The maximum atomic E-state index is 9.81. The molecule has 1 rings (SSSR count). The van der Waals surface area contributed by atoms with Crippen LogP contribution < -0.4 is 5.73 Å². The zero-order valence-electron chi connectivity index (χ0n) is 8.72. The van der Waals surface area contributed by atoms with Gasteiger partial charge in [0.05, 0.1) is 6.10 Å². The highest BCUT2D eigenvalue weighted by Crippen LogP contribution is 2.22. The molecule has 0 radical (unpaired) electrons. The number of benzene rings is 1. The summed E-state index contributed by atoms with van der Waals surface area (Å²) in [5.74, 6) is 0.548. The van der Waals surface area contributed by atoms with Crippen LogP contribution in [-0.2, 0) is 0 Å². The van der Waals surface area contributed by atoms with Crippen LogP contribution in [0, 0.1) is 6.92 Å². The minimum atomic E-state index is -0.864. The average molecular weight is 227 g/mol. The van der Waals surface area contributed by atoms with E-state index in [-0.39, 0.29) is 0 Å². The second-order valence-corrected chi connectivity index (χ2v) is 4.09. The molecule has 0 heterocycles. The summed E-state index contributed by atoms with van der Waals surface area (Å²) in [6.07, 6.45) is -1.17. The van der Waals surface area contributed by atoms with Crippen molar-refractivity contribution in [1.29, 1.82) is 0 Å². The van der Waals surface area contributed by atoms with Gasteiger partial charge >= 0.3 is 0 Å². The van der Waals surface area contributed by atoms with Gasteiger partial charge in [0.25, 0.3) is 0 Å². The Morgan fingerprint density at radius 3 is 2.60 bits per heavy atom. The van der Waals surface area contributed by atoms with Gasteiger partial charge in [0, 0.05) is 5.69 Å². The molecule has 0 spiro atoms. The summed E-state index contributed by atoms with van der Waals surface area (Å²) < 4.78 is 0. The van der Waals surface area contributed by atoms with Crippen LogP contribution in [0.2, 0.25) is 0 Å². The van der Waals surface area contributed by atoms with Crippen LogP contribution in [0.3, 0.4) is 0 Å². The Morgan fingerprint density at radius 2 is 2.07 bits per heavy atom. The topological polar surface area (TPSA) is 66.5 Å². The summed E-state index contributed by atoms with van der Waals surface area (Å²) in [5, 5.41) is 19.4. The van der Waals surface area contributed by atoms with Crippen molar-refractivity contribution >= 4 is 18.3 Å². The molecule has 0 aliphatic heterocycles. The number of nitrogens with two attached hydrogens (primary N) is 1. The Bertz CT molecular complexity index is 330. The lowest BCUT2D eigenvalue weighted by molar-refractivity contribution is 0.0172. The van der Waals surface area contributed by atoms with Gasteiger partial charge in [-0.2, -0.15) is 12.6 Å². The molecular formula is C11H17NO2S. The van der Waals surface area contributed by atoms with Gasteiger partial charge in [-0.25, -0.2) is 0 Å². The van der Waals surface area contributed by atoms with Crippen LogP contribution in [0.1, 0.15) is 23.7 Å². The van der Waals surface area contributed by atoms with E-state index >= 15 is 0 Å². The molecule has 1 aromatic carbocycles. The fraction of sp³-hybridized carbons (Fsp3) is 0.455. The monoisotopic (exact) mass is 227 g/mol. The van der Waals surface area contributed by atoms with Crippen LogP contribution in [-0.4, -0.2) is 22.1 Å². The number of nitrogen functional groups attached to an aromatic ring is 1. The summed E-state index contributed by atoms with van der Waals surface area (Å²) in [6, 6.07) is 5.26. The predicted octanol–water partition coefficient (Wildman–Crippen LogP) is 1.29. The number of aryl methyl sites for hydroxylation is 1. The van der Waals surface area contributed by atoms with Gasteiger partial charge in [0.15, 0.2) is 0 Å². The summed E-state index contributed by atoms with van der Waals surface area (Å²) in [6.45, 7) is 1.87. The fourth-order valence-corrected chi connectivity index (χ4v) is 1.66. The van der Waals surface area contributed by atoms with E-state index in [1.54, 1.807) is 18.2 Å². The van der Waals surface area contributed by atoms with Gasteiger partial charge in [0.2, 0.25) is 0 Å². The first kappa shape index (κ1) is 12.4. The van der Waals surface area contributed by atoms with Crippen molar-refractivity contribution in [2.75, 3.05) is 11.5 Å². The van der Waals surface area contributed by atoms with E-state index in [2.05, 4.69) is 12.6 Å². The summed E-state index contributed by atoms with van der Waals surface area (Å²) in [4.78, 5) is 0. The van der Waals surface area contributed by atoms with E-state index < -0.39 is 12.2 Å². The number of aliphatic hydroxyl groups excluding tert-OH is 2. The molecular weight excluding hydrogens is 210 g/mol. The van der Waals surface area contributed by atoms with Gasteiger partial charge < -0.3 is 15.9 Å². The van der Waals surface area contributed by atoms with Gasteiger partial charge in [0.1, 0.15) is 6.10 Å². The summed E-state index contributed by atoms with van der Waals surface area (Å²) >= 11 is 4.01. The molecule has 0 aliphatic carbocycles. The highest BCUT2D eigenvalue weighted by atomic mass is 32.1. The molecule has 2 atom stereocenters. The summed E-state index contributed by atoms with van der Waals surface area (Å²) in [7, 11) is 0. The number of anilines is 1. The van der Waals surface area contributed by atoms with Crippen LogP contribution in [0.4, 0.5) is 5.69 Å². The van der Waals surface area contributed by atoms with Crippen molar-refractivity contribution in [2.45, 2.75) is 25.6 Å².